The number of thiophene rings is 1. The van der Waals surface area contributed by atoms with Gasteiger partial charge in [0.15, 0.2) is 11.5 Å². The molecule has 0 aliphatic carbocycles. The third kappa shape index (κ3) is 4.12. The molecule has 4 rings (SSSR count). The number of fused-ring (bicyclic) bond motifs is 1. The Bertz CT molecular complexity index is 978. The highest BCUT2D eigenvalue weighted by atomic mass is 32.1. The summed E-state index contributed by atoms with van der Waals surface area (Å²) in [5.41, 5.74) is 2.99. The van der Waals surface area contributed by atoms with Crippen LogP contribution in [0.5, 0.6) is 17.2 Å². The summed E-state index contributed by atoms with van der Waals surface area (Å²) in [4.78, 5) is 13.1. The maximum absolute atomic E-state index is 12.5. The van der Waals surface area contributed by atoms with Gasteiger partial charge in [0.2, 0.25) is 6.79 Å². The van der Waals surface area contributed by atoms with Gasteiger partial charge in [0.1, 0.15) is 12.4 Å². The largest absolute Gasteiger partial charge is 0.489 e. The van der Waals surface area contributed by atoms with E-state index in [-0.39, 0.29) is 12.7 Å². The number of carbonyl (C=O) groups excluding carboxylic acids is 1. The van der Waals surface area contributed by atoms with Gasteiger partial charge in [-0.2, -0.15) is 0 Å². The molecule has 5 nitrogen and oxygen atoms in total. The fourth-order valence-electron chi connectivity index (χ4n) is 2.85. The third-order valence-electron chi connectivity index (χ3n) is 4.46. The van der Waals surface area contributed by atoms with Gasteiger partial charge in [-0.25, -0.2) is 0 Å². The fourth-order valence-corrected chi connectivity index (χ4v) is 3.64. The van der Waals surface area contributed by atoms with Gasteiger partial charge in [0, 0.05) is 17.3 Å². The van der Waals surface area contributed by atoms with Crippen LogP contribution in [0.1, 0.15) is 40.6 Å². The van der Waals surface area contributed by atoms with Crippen LogP contribution in [0, 0.1) is 0 Å². The molecule has 1 aliphatic heterocycles. The van der Waals surface area contributed by atoms with Crippen LogP contribution in [-0.4, -0.2) is 12.7 Å². The third-order valence-corrected chi connectivity index (χ3v) is 5.44. The van der Waals surface area contributed by atoms with Crippen molar-refractivity contribution in [3.05, 3.63) is 69.9 Å². The SMILES string of the molecule is CC(C)c1ccc(NC(=O)c2cc(COc3ccc4c(c3)OCO4)cs2)cc1. The maximum Gasteiger partial charge on any atom is 0.265 e. The van der Waals surface area contributed by atoms with Crippen LogP contribution in [0.15, 0.2) is 53.9 Å². The molecule has 0 spiro atoms. The second kappa shape index (κ2) is 7.94. The Morgan fingerprint density at radius 3 is 2.68 bits per heavy atom. The summed E-state index contributed by atoms with van der Waals surface area (Å²) >= 11 is 1.40. The summed E-state index contributed by atoms with van der Waals surface area (Å²) in [7, 11) is 0. The lowest BCUT2D eigenvalue weighted by molar-refractivity contribution is 0.103. The summed E-state index contributed by atoms with van der Waals surface area (Å²) in [5.74, 6) is 2.47. The van der Waals surface area contributed by atoms with Crippen LogP contribution in [0.25, 0.3) is 0 Å². The topological polar surface area (TPSA) is 56.8 Å². The molecular weight excluding hydrogens is 374 g/mol. The van der Waals surface area contributed by atoms with Crippen molar-refractivity contribution in [2.75, 3.05) is 12.1 Å². The van der Waals surface area contributed by atoms with Crippen LogP contribution in [0.4, 0.5) is 5.69 Å². The van der Waals surface area contributed by atoms with Crippen molar-refractivity contribution in [2.45, 2.75) is 26.4 Å². The monoisotopic (exact) mass is 395 g/mol. The van der Waals surface area contributed by atoms with Crippen LogP contribution in [0.3, 0.4) is 0 Å². The second-order valence-electron chi connectivity index (χ2n) is 6.85. The van der Waals surface area contributed by atoms with E-state index >= 15 is 0 Å². The molecule has 1 N–H and O–H groups in total. The van der Waals surface area contributed by atoms with Gasteiger partial charge in [-0.05, 0) is 47.2 Å². The molecule has 0 radical (unpaired) electrons. The Morgan fingerprint density at radius 1 is 1.11 bits per heavy atom. The summed E-state index contributed by atoms with van der Waals surface area (Å²) < 4.78 is 16.4. The van der Waals surface area contributed by atoms with E-state index in [9.17, 15) is 4.79 Å². The molecule has 0 fully saturated rings. The molecule has 3 aromatic rings. The first-order valence-corrected chi connectivity index (χ1v) is 9.97. The number of benzene rings is 2. The summed E-state index contributed by atoms with van der Waals surface area (Å²) in [5, 5.41) is 4.87. The first kappa shape index (κ1) is 18.4. The normalized spacial score (nSPS) is 12.2. The Hall–Kier alpha value is -2.99. The molecule has 2 aromatic carbocycles. The number of amides is 1. The van der Waals surface area contributed by atoms with E-state index in [4.69, 9.17) is 14.2 Å². The van der Waals surface area contributed by atoms with E-state index in [0.717, 1.165) is 17.0 Å². The Balaban J connectivity index is 1.35. The van der Waals surface area contributed by atoms with Gasteiger partial charge < -0.3 is 19.5 Å². The number of anilines is 1. The highest BCUT2D eigenvalue weighted by molar-refractivity contribution is 7.12. The lowest BCUT2D eigenvalue weighted by Crippen LogP contribution is -2.10. The van der Waals surface area contributed by atoms with Crippen molar-refractivity contribution < 1.29 is 19.0 Å². The van der Waals surface area contributed by atoms with E-state index in [0.29, 0.717) is 28.9 Å². The van der Waals surface area contributed by atoms with E-state index in [1.54, 1.807) is 0 Å². The molecule has 1 aliphatic rings. The number of hydrogen-bond donors (Lipinski definition) is 1. The molecule has 0 saturated heterocycles. The number of carbonyl (C=O) groups is 1. The molecule has 144 valence electrons. The number of nitrogens with one attached hydrogen (secondary N) is 1. The molecule has 6 heteroatoms. The lowest BCUT2D eigenvalue weighted by Gasteiger charge is -2.07. The predicted octanol–water partition coefficient (Wildman–Crippen LogP) is 5.43. The van der Waals surface area contributed by atoms with Gasteiger partial charge in [0.25, 0.3) is 5.91 Å². The molecule has 0 atom stereocenters. The number of rotatable bonds is 6. The quantitative estimate of drug-likeness (QED) is 0.604. The van der Waals surface area contributed by atoms with Gasteiger partial charge in [-0.15, -0.1) is 11.3 Å². The van der Waals surface area contributed by atoms with Crippen LogP contribution in [0.2, 0.25) is 0 Å². The zero-order valence-electron chi connectivity index (χ0n) is 15.7. The smallest absolute Gasteiger partial charge is 0.265 e. The van der Waals surface area contributed by atoms with Crippen molar-refractivity contribution in [2.24, 2.45) is 0 Å². The molecule has 0 saturated carbocycles. The van der Waals surface area contributed by atoms with Gasteiger partial charge >= 0.3 is 0 Å². The van der Waals surface area contributed by atoms with E-state index < -0.39 is 0 Å². The van der Waals surface area contributed by atoms with Gasteiger partial charge in [0.05, 0.1) is 4.88 Å². The number of hydrogen-bond acceptors (Lipinski definition) is 5. The average molecular weight is 395 g/mol. The van der Waals surface area contributed by atoms with Crippen LogP contribution in [-0.2, 0) is 6.61 Å². The van der Waals surface area contributed by atoms with E-state index in [1.807, 2.05) is 53.9 Å². The predicted molar refractivity (Wildman–Crippen MR) is 110 cm³/mol. The molecule has 1 aromatic heterocycles. The molecule has 28 heavy (non-hydrogen) atoms. The Morgan fingerprint density at radius 2 is 1.89 bits per heavy atom. The van der Waals surface area contributed by atoms with Gasteiger partial charge in [-0.1, -0.05) is 26.0 Å². The fraction of sp³-hybridized carbons (Fsp3) is 0.227. The van der Waals surface area contributed by atoms with Crippen molar-refractivity contribution in [1.82, 2.24) is 0 Å². The van der Waals surface area contributed by atoms with Crippen LogP contribution >= 0.6 is 11.3 Å². The average Bonchev–Trinajstić information content (AvgIpc) is 3.35. The standard InChI is InChI=1S/C22H21NO4S/c1-14(2)16-3-5-17(6-4-16)23-22(24)21-9-15(12-28-21)11-25-18-7-8-19-20(10-18)27-13-26-19/h3-10,12,14H,11,13H2,1-2H3,(H,23,24). The molecule has 2 heterocycles. The van der Waals surface area contributed by atoms with Crippen molar-refractivity contribution in [1.29, 1.82) is 0 Å². The highest BCUT2D eigenvalue weighted by Crippen LogP contribution is 2.35. The Labute approximate surface area is 167 Å². The molecule has 0 unspecified atom stereocenters. The number of ether oxygens (including phenoxy) is 3. The first-order valence-electron chi connectivity index (χ1n) is 9.09. The summed E-state index contributed by atoms with van der Waals surface area (Å²) in [6, 6.07) is 15.3. The van der Waals surface area contributed by atoms with Gasteiger partial charge in [-0.3, -0.25) is 4.79 Å². The van der Waals surface area contributed by atoms with Crippen LogP contribution < -0.4 is 19.5 Å². The van der Waals surface area contributed by atoms with E-state index in [2.05, 4.69) is 19.2 Å². The van der Waals surface area contributed by atoms with Crippen molar-refractivity contribution in [3.8, 4) is 17.2 Å². The minimum absolute atomic E-state index is 0.114. The zero-order valence-corrected chi connectivity index (χ0v) is 16.5. The second-order valence-corrected chi connectivity index (χ2v) is 7.77. The molecule has 1 amide bonds. The zero-order chi connectivity index (χ0) is 19.5. The van der Waals surface area contributed by atoms with E-state index in [1.165, 1.54) is 16.9 Å². The minimum Gasteiger partial charge on any atom is -0.489 e. The molecule has 0 bridgehead atoms. The summed E-state index contributed by atoms with van der Waals surface area (Å²) in [6.45, 7) is 4.91. The highest BCUT2D eigenvalue weighted by Gasteiger charge is 2.14. The lowest BCUT2D eigenvalue weighted by atomic mass is 10.0. The molecular formula is C22H21NO4S. The summed E-state index contributed by atoms with van der Waals surface area (Å²) in [6.07, 6.45) is 0. The van der Waals surface area contributed by atoms with Crippen molar-refractivity contribution >= 4 is 22.9 Å². The maximum atomic E-state index is 12.5. The Kier molecular flexibility index (Phi) is 5.21. The minimum atomic E-state index is -0.114. The first-order chi connectivity index (χ1) is 13.6. The van der Waals surface area contributed by atoms with Crippen molar-refractivity contribution in [3.63, 3.8) is 0 Å².